The van der Waals surface area contributed by atoms with Gasteiger partial charge in [0.05, 0.1) is 18.4 Å². The fourth-order valence-electron chi connectivity index (χ4n) is 2.06. The lowest BCUT2D eigenvalue weighted by Crippen LogP contribution is -2.45. The lowest BCUT2D eigenvalue weighted by Gasteiger charge is -2.27. The van der Waals surface area contributed by atoms with E-state index in [0.717, 1.165) is 32.2 Å². The number of aliphatic imine (C=N–C) groups is 1. The predicted molar refractivity (Wildman–Crippen MR) is 92.5 cm³/mol. The molecule has 1 rings (SSSR count). The molecule has 1 saturated carbocycles. The maximum Gasteiger partial charge on any atom is 0.191 e. The number of aliphatic hydroxyl groups excluding tert-OH is 1. The Morgan fingerprint density at radius 1 is 1.30 bits per heavy atom. The highest BCUT2D eigenvalue weighted by atomic mass is 127. The summed E-state index contributed by atoms with van der Waals surface area (Å²) in [5.74, 6) is 0.722. The fraction of sp³-hybridized carbons (Fsp3) is 0.917. The SMILES string of the molecule is CCNC(=NCCS(C)(=O)=O)NC1CCC(O)CC1.I. The summed E-state index contributed by atoms with van der Waals surface area (Å²) < 4.78 is 22.1. The smallest absolute Gasteiger partial charge is 0.191 e. The second-order valence-electron chi connectivity index (χ2n) is 5.04. The molecule has 0 radical (unpaired) electrons. The van der Waals surface area contributed by atoms with Crippen molar-refractivity contribution in [1.29, 1.82) is 0 Å². The number of hydrogen-bond acceptors (Lipinski definition) is 4. The maximum atomic E-state index is 11.1. The van der Waals surface area contributed by atoms with Crippen molar-refractivity contribution < 1.29 is 13.5 Å². The lowest BCUT2D eigenvalue weighted by molar-refractivity contribution is 0.120. The van der Waals surface area contributed by atoms with Gasteiger partial charge in [0.25, 0.3) is 0 Å². The van der Waals surface area contributed by atoms with Crippen LogP contribution in [-0.4, -0.2) is 56.7 Å². The Hall–Kier alpha value is -0.0900. The number of guanidine groups is 1. The topological polar surface area (TPSA) is 90.8 Å². The normalized spacial score (nSPS) is 23.9. The van der Waals surface area contributed by atoms with Crippen molar-refractivity contribution in [3.05, 3.63) is 0 Å². The van der Waals surface area contributed by atoms with Gasteiger partial charge in [-0.2, -0.15) is 0 Å². The Morgan fingerprint density at radius 3 is 2.40 bits per heavy atom. The van der Waals surface area contributed by atoms with Gasteiger partial charge in [0, 0.05) is 18.8 Å². The molecule has 1 aliphatic rings. The molecule has 0 amide bonds. The zero-order valence-electron chi connectivity index (χ0n) is 12.1. The van der Waals surface area contributed by atoms with Crippen LogP contribution in [0.1, 0.15) is 32.6 Å². The van der Waals surface area contributed by atoms with Crippen LogP contribution in [0, 0.1) is 0 Å². The first-order valence-corrected chi connectivity index (χ1v) is 8.87. The Bertz CT molecular complexity index is 393. The van der Waals surface area contributed by atoms with Crippen molar-refractivity contribution in [2.75, 3.05) is 25.1 Å². The molecule has 8 heteroatoms. The molecule has 0 heterocycles. The molecule has 1 fully saturated rings. The standard InChI is InChI=1S/C12H25N3O3S.HI/c1-3-13-12(14-8-9-19(2,17)18)15-10-4-6-11(16)7-5-10;/h10-11,16H,3-9H2,1-2H3,(H2,13,14,15);1H. The van der Waals surface area contributed by atoms with Gasteiger partial charge in [-0.25, -0.2) is 8.42 Å². The highest BCUT2D eigenvalue weighted by Crippen LogP contribution is 2.18. The molecule has 0 aromatic heterocycles. The van der Waals surface area contributed by atoms with Crippen LogP contribution < -0.4 is 10.6 Å². The number of hydrogen-bond donors (Lipinski definition) is 3. The Balaban J connectivity index is 0.00000361. The molecule has 0 aromatic carbocycles. The van der Waals surface area contributed by atoms with Gasteiger partial charge in [0.2, 0.25) is 0 Å². The average molecular weight is 419 g/mol. The van der Waals surface area contributed by atoms with Gasteiger partial charge in [-0.15, -0.1) is 24.0 Å². The molecule has 0 bridgehead atoms. The fourth-order valence-corrected chi connectivity index (χ4v) is 2.48. The minimum atomic E-state index is -2.97. The quantitative estimate of drug-likeness (QED) is 0.343. The average Bonchev–Trinajstić information content (AvgIpc) is 2.30. The van der Waals surface area contributed by atoms with Crippen LogP contribution in [0.4, 0.5) is 0 Å². The van der Waals surface area contributed by atoms with Crippen molar-refractivity contribution >= 4 is 39.8 Å². The van der Waals surface area contributed by atoms with Crippen molar-refractivity contribution in [3.8, 4) is 0 Å². The molecule has 0 aromatic rings. The third kappa shape index (κ3) is 8.96. The van der Waals surface area contributed by atoms with E-state index in [2.05, 4.69) is 15.6 Å². The van der Waals surface area contributed by atoms with Gasteiger partial charge in [-0.3, -0.25) is 4.99 Å². The van der Waals surface area contributed by atoms with Crippen LogP contribution in [-0.2, 0) is 9.84 Å². The van der Waals surface area contributed by atoms with Crippen LogP contribution in [0.2, 0.25) is 0 Å². The van der Waals surface area contributed by atoms with Crippen LogP contribution >= 0.6 is 24.0 Å². The highest BCUT2D eigenvalue weighted by Gasteiger charge is 2.19. The van der Waals surface area contributed by atoms with Crippen molar-refractivity contribution in [2.24, 2.45) is 4.99 Å². The van der Waals surface area contributed by atoms with Crippen molar-refractivity contribution in [3.63, 3.8) is 0 Å². The number of sulfone groups is 1. The summed E-state index contributed by atoms with van der Waals surface area (Å²) in [6.45, 7) is 2.97. The van der Waals surface area contributed by atoms with Gasteiger partial charge in [-0.1, -0.05) is 0 Å². The van der Waals surface area contributed by atoms with Crippen molar-refractivity contribution in [2.45, 2.75) is 44.8 Å². The molecule has 0 aliphatic heterocycles. The van der Waals surface area contributed by atoms with Crippen LogP contribution in [0.5, 0.6) is 0 Å². The molecular weight excluding hydrogens is 393 g/mol. The first-order valence-electron chi connectivity index (χ1n) is 6.81. The summed E-state index contributed by atoms with van der Waals surface area (Å²) in [5, 5.41) is 15.9. The van der Waals surface area contributed by atoms with Gasteiger partial charge < -0.3 is 15.7 Å². The number of aliphatic hydroxyl groups is 1. The zero-order chi connectivity index (χ0) is 14.3. The number of rotatable bonds is 5. The monoisotopic (exact) mass is 419 g/mol. The van der Waals surface area contributed by atoms with E-state index in [1.54, 1.807) is 0 Å². The largest absolute Gasteiger partial charge is 0.393 e. The third-order valence-corrected chi connectivity index (χ3v) is 4.04. The number of halogens is 1. The zero-order valence-corrected chi connectivity index (χ0v) is 15.3. The van der Waals surface area contributed by atoms with E-state index in [0.29, 0.717) is 12.0 Å². The lowest BCUT2D eigenvalue weighted by atomic mass is 9.93. The van der Waals surface area contributed by atoms with Crippen LogP contribution in [0.3, 0.4) is 0 Å². The summed E-state index contributed by atoms with van der Waals surface area (Å²) in [4.78, 5) is 4.26. The number of nitrogens with zero attached hydrogens (tertiary/aromatic N) is 1. The molecule has 0 saturated heterocycles. The maximum absolute atomic E-state index is 11.1. The van der Waals surface area contributed by atoms with E-state index < -0.39 is 9.84 Å². The third-order valence-electron chi connectivity index (χ3n) is 3.11. The Labute approximate surface area is 138 Å². The van der Waals surface area contributed by atoms with Gasteiger partial charge >= 0.3 is 0 Å². The van der Waals surface area contributed by atoms with Crippen LogP contribution in [0.15, 0.2) is 4.99 Å². The first kappa shape index (κ1) is 19.9. The molecule has 6 nitrogen and oxygen atoms in total. The molecule has 1 aliphatic carbocycles. The minimum absolute atomic E-state index is 0. The second kappa shape index (κ2) is 9.78. The van der Waals surface area contributed by atoms with E-state index in [-0.39, 0.29) is 42.4 Å². The number of nitrogens with one attached hydrogen (secondary N) is 2. The van der Waals surface area contributed by atoms with E-state index in [1.165, 1.54) is 6.26 Å². The van der Waals surface area contributed by atoms with Gasteiger partial charge in [0.15, 0.2) is 5.96 Å². The summed E-state index contributed by atoms with van der Waals surface area (Å²) in [7, 11) is -2.97. The van der Waals surface area contributed by atoms with E-state index >= 15 is 0 Å². The molecular formula is C12H26IN3O3S. The minimum Gasteiger partial charge on any atom is -0.393 e. The first-order chi connectivity index (χ1) is 8.90. The molecule has 120 valence electrons. The predicted octanol–water partition coefficient (Wildman–Crippen LogP) is 0.508. The molecule has 0 unspecified atom stereocenters. The summed E-state index contributed by atoms with van der Waals surface area (Å²) >= 11 is 0. The van der Waals surface area contributed by atoms with Crippen molar-refractivity contribution in [1.82, 2.24) is 10.6 Å². The molecule has 0 atom stereocenters. The molecule has 0 spiro atoms. The molecule has 20 heavy (non-hydrogen) atoms. The van der Waals surface area contributed by atoms with Gasteiger partial charge in [0.1, 0.15) is 9.84 Å². The van der Waals surface area contributed by atoms with E-state index in [1.807, 2.05) is 6.92 Å². The second-order valence-corrected chi connectivity index (χ2v) is 7.30. The Kier molecular flexibility index (Phi) is 9.73. The Morgan fingerprint density at radius 2 is 1.90 bits per heavy atom. The van der Waals surface area contributed by atoms with E-state index in [9.17, 15) is 13.5 Å². The summed E-state index contributed by atoms with van der Waals surface area (Å²) in [5.41, 5.74) is 0. The summed E-state index contributed by atoms with van der Waals surface area (Å²) in [6, 6.07) is 0.305. The van der Waals surface area contributed by atoms with Gasteiger partial charge in [-0.05, 0) is 32.6 Å². The summed E-state index contributed by atoms with van der Waals surface area (Å²) in [6.07, 6.45) is 4.48. The van der Waals surface area contributed by atoms with E-state index in [4.69, 9.17) is 0 Å². The highest BCUT2D eigenvalue weighted by molar-refractivity contribution is 14.0. The van der Waals surface area contributed by atoms with Crippen LogP contribution in [0.25, 0.3) is 0 Å². The molecule has 3 N–H and O–H groups in total.